The first-order chi connectivity index (χ1) is 6.89. The molecule has 1 atom stereocenters. The van der Waals surface area contributed by atoms with Crippen LogP contribution in [0, 0.1) is 11.3 Å². The molecule has 0 aromatic heterocycles. The highest BCUT2D eigenvalue weighted by Gasteiger charge is 2.29. The summed E-state index contributed by atoms with van der Waals surface area (Å²) in [4.78, 5) is 0. The minimum Gasteiger partial charge on any atom is -0.392 e. The molecule has 1 unspecified atom stereocenters. The Morgan fingerprint density at radius 3 is 2.13 bits per heavy atom. The number of hydrogen-bond acceptors (Lipinski definition) is 2. The Kier molecular flexibility index (Phi) is 4.60. The van der Waals surface area contributed by atoms with Crippen molar-refractivity contribution < 1.29 is 5.11 Å². The molecule has 0 bridgehead atoms. The van der Waals surface area contributed by atoms with Crippen LogP contribution in [-0.2, 0) is 0 Å². The Bertz CT molecular complexity index is 175. The quantitative estimate of drug-likeness (QED) is 0.755. The Morgan fingerprint density at radius 1 is 1.20 bits per heavy atom. The fourth-order valence-corrected chi connectivity index (χ4v) is 2.50. The zero-order chi connectivity index (χ0) is 11.5. The standard InChI is InChI=1S/C13H27NO/c1-10(15)9-14-12-7-5-11(6-8-12)13(2,3)4/h10-12,14-15H,5-9H2,1-4H3. The first kappa shape index (κ1) is 13.0. The van der Waals surface area contributed by atoms with Crippen LogP contribution in [0.5, 0.6) is 0 Å². The van der Waals surface area contributed by atoms with Gasteiger partial charge in [-0.15, -0.1) is 0 Å². The lowest BCUT2D eigenvalue weighted by molar-refractivity contribution is 0.145. The lowest BCUT2D eigenvalue weighted by Crippen LogP contribution is -2.39. The predicted molar refractivity (Wildman–Crippen MR) is 64.9 cm³/mol. The molecule has 0 aromatic carbocycles. The van der Waals surface area contributed by atoms with Crippen LogP contribution >= 0.6 is 0 Å². The zero-order valence-corrected chi connectivity index (χ0v) is 10.7. The molecule has 1 aliphatic rings. The van der Waals surface area contributed by atoms with Gasteiger partial charge in [0, 0.05) is 12.6 Å². The minimum absolute atomic E-state index is 0.217. The Hall–Kier alpha value is -0.0800. The molecule has 1 aliphatic carbocycles. The van der Waals surface area contributed by atoms with Crippen molar-refractivity contribution in [1.29, 1.82) is 0 Å². The molecule has 2 heteroatoms. The molecule has 90 valence electrons. The van der Waals surface area contributed by atoms with Crippen molar-refractivity contribution >= 4 is 0 Å². The SMILES string of the molecule is CC(O)CNC1CCC(C(C)(C)C)CC1. The summed E-state index contributed by atoms with van der Waals surface area (Å²) in [6, 6.07) is 0.637. The van der Waals surface area contributed by atoms with E-state index in [9.17, 15) is 5.11 Å². The number of nitrogens with one attached hydrogen (secondary N) is 1. The molecule has 2 nitrogen and oxygen atoms in total. The maximum absolute atomic E-state index is 9.20. The van der Waals surface area contributed by atoms with Gasteiger partial charge in [0.1, 0.15) is 0 Å². The second-order valence-corrected chi connectivity index (χ2v) is 6.17. The van der Waals surface area contributed by atoms with Crippen LogP contribution in [0.4, 0.5) is 0 Å². The van der Waals surface area contributed by atoms with E-state index in [1.54, 1.807) is 0 Å². The van der Waals surface area contributed by atoms with Gasteiger partial charge in [0.05, 0.1) is 6.10 Å². The molecule has 1 fully saturated rings. The molecule has 0 radical (unpaired) electrons. The third-order valence-corrected chi connectivity index (χ3v) is 3.65. The summed E-state index contributed by atoms with van der Waals surface area (Å²) in [7, 11) is 0. The van der Waals surface area contributed by atoms with Crippen LogP contribution in [0.3, 0.4) is 0 Å². The first-order valence-electron chi connectivity index (χ1n) is 6.31. The molecule has 0 amide bonds. The Labute approximate surface area is 94.5 Å². The fraction of sp³-hybridized carbons (Fsp3) is 1.00. The maximum Gasteiger partial charge on any atom is 0.0636 e. The van der Waals surface area contributed by atoms with E-state index in [1.807, 2.05) is 6.92 Å². The van der Waals surface area contributed by atoms with Gasteiger partial charge in [-0.05, 0) is 43.9 Å². The van der Waals surface area contributed by atoms with Crippen molar-refractivity contribution in [3.63, 3.8) is 0 Å². The van der Waals surface area contributed by atoms with E-state index < -0.39 is 0 Å². The van der Waals surface area contributed by atoms with Crippen molar-refractivity contribution in [2.75, 3.05) is 6.54 Å². The molecule has 1 saturated carbocycles. The minimum atomic E-state index is -0.217. The molecule has 15 heavy (non-hydrogen) atoms. The molecular formula is C13H27NO. The van der Waals surface area contributed by atoms with E-state index in [-0.39, 0.29) is 6.10 Å². The van der Waals surface area contributed by atoms with Crippen molar-refractivity contribution in [3.05, 3.63) is 0 Å². The third kappa shape index (κ3) is 4.52. The van der Waals surface area contributed by atoms with Gasteiger partial charge in [-0.3, -0.25) is 0 Å². The average Bonchev–Trinajstić information content (AvgIpc) is 2.14. The molecule has 0 aliphatic heterocycles. The lowest BCUT2D eigenvalue weighted by atomic mass is 9.71. The normalized spacial score (nSPS) is 30.2. The molecule has 0 aromatic rings. The summed E-state index contributed by atoms with van der Waals surface area (Å²) in [6.07, 6.45) is 5.00. The summed E-state index contributed by atoms with van der Waals surface area (Å²) in [5, 5.41) is 12.6. The maximum atomic E-state index is 9.20. The second-order valence-electron chi connectivity index (χ2n) is 6.17. The highest BCUT2D eigenvalue weighted by Crippen LogP contribution is 2.37. The average molecular weight is 213 g/mol. The van der Waals surface area contributed by atoms with Crippen LogP contribution in [0.25, 0.3) is 0 Å². The van der Waals surface area contributed by atoms with Crippen LogP contribution in [0.15, 0.2) is 0 Å². The van der Waals surface area contributed by atoms with Crippen LogP contribution in [-0.4, -0.2) is 23.8 Å². The molecule has 0 spiro atoms. The molecule has 0 saturated heterocycles. The van der Waals surface area contributed by atoms with E-state index >= 15 is 0 Å². The number of hydrogen-bond donors (Lipinski definition) is 2. The largest absolute Gasteiger partial charge is 0.392 e. The van der Waals surface area contributed by atoms with Gasteiger partial charge >= 0.3 is 0 Å². The highest BCUT2D eigenvalue weighted by atomic mass is 16.3. The fourth-order valence-electron chi connectivity index (χ4n) is 2.50. The summed E-state index contributed by atoms with van der Waals surface area (Å²) in [5.74, 6) is 0.877. The van der Waals surface area contributed by atoms with E-state index in [2.05, 4.69) is 26.1 Å². The summed E-state index contributed by atoms with van der Waals surface area (Å²) in [6.45, 7) is 9.63. The van der Waals surface area contributed by atoms with Gasteiger partial charge in [-0.1, -0.05) is 20.8 Å². The Morgan fingerprint density at radius 2 is 1.73 bits per heavy atom. The molecule has 1 rings (SSSR count). The van der Waals surface area contributed by atoms with E-state index in [4.69, 9.17) is 0 Å². The monoisotopic (exact) mass is 213 g/mol. The number of rotatable bonds is 3. The van der Waals surface area contributed by atoms with E-state index in [0.717, 1.165) is 12.5 Å². The lowest BCUT2D eigenvalue weighted by Gasteiger charge is -2.37. The van der Waals surface area contributed by atoms with Gasteiger partial charge in [-0.25, -0.2) is 0 Å². The molecule has 2 N–H and O–H groups in total. The van der Waals surface area contributed by atoms with Crippen molar-refractivity contribution in [2.45, 2.75) is 65.5 Å². The van der Waals surface area contributed by atoms with Crippen molar-refractivity contribution in [1.82, 2.24) is 5.32 Å². The summed E-state index contributed by atoms with van der Waals surface area (Å²) < 4.78 is 0. The highest BCUT2D eigenvalue weighted by molar-refractivity contribution is 4.83. The van der Waals surface area contributed by atoms with Crippen molar-refractivity contribution in [2.24, 2.45) is 11.3 Å². The topological polar surface area (TPSA) is 32.3 Å². The van der Waals surface area contributed by atoms with Crippen LogP contribution in [0.1, 0.15) is 53.4 Å². The first-order valence-corrected chi connectivity index (χ1v) is 6.31. The molecular weight excluding hydrogens is 186 g/mol. The predicted octanol–water partition coefficient (Wildman–Crippen LogP) is 2.56. The Balaban J connectivity index is 2.24. The van der Waals surface area contributed by atoms with Crippen LogP contribution < -0.4 is 5.32 Å². The van der Waals surface area contributed by atoms with Crippen molar-refractivity contribution in [3.8, 4) is 0 Å². The van der Waals surface area contributed by atoms with Gasteiger partial charge in [0.25, 0.3) is 0 Å². The summed E-state index contributed by atoms with van der Waals surface area (Å²) in [5.41, 5.74) is 0.468. The van der Waals surface area contributed by atoms with Gasteiger partial charge in [-0.2, -0.15) is 0 Å². The zero-order valence-electron chi connectivity index (χ0n) is 10.7. The molecule has 0 heterocycles. The second kappa shape index (κ2) is 5.31. The number of aliphatic hydroxyl groups excluding tert-OH is 1. The van der Waals surface area contributed by atoms with Gasteiger partial charge < -0.3 is 10.4 Å². The van der Waals surface area contributed by atoms with Gasteiger partial charge in [0.2, 0.25) is 0 Å². The van der Waals surface area contributed by atoms with Crippen LogP contribution in [0.2, 0.25) is 0 Å². The number of aliphatic hydroxyl groups is 1. The van der Waals surface area contributed by atoms with E-state index in [1.165, 1.54) is 25.7 Å². The third-order valence-electron chi connectivity index (χ3n) is 3.65. The van der Waals surface area contributed by atoms with Gasteiger partial charge in [0.15, 0.2) is 0 Å². The smallest absolute Gasteiger partial charge is 0.0636 e. The van der Waals surface area contributed by atoms with E-state index in [0.29, 0.717) is 11.5 Å². The summed E-state index contributed by atoms with van der Waals surface area (Å²) >= 11 is 0.